The standard InChI is InChI=1S/C29H36N4O5S2/c1-23-4-8-25(9-5-23)30-14-18-32(19-15-30)39(34,35)27-12-13-28(38-3)29(22-27)40(36,37)33-20-16-31(17-21-33)26-10-6-24(2)7-11-26/h4-13,22H,14-21H2,1-3H3. The highest BCUT2D eigenvalue weighted by molar-refractivity contribution is 7.90. The van der Waals surface area contributed by atoms with E-state index in [1.54, 1.807) is 0 Å². The fourth-order valence-electron chi connectivity index (χ4n) is 5.19. The van der Waals surface area contributed by atoms with E-state index < -0.39 is 20.0 Å². The summed E-state index contributed by atoms with van der Waals surface area (Å²) in [6.07, 6.45) is 0. The number of anilines is 2. The van der Waals surface area contributed by atoms with Crippen LogP contribution in [0, 0.1) is 13.8 Å². The maximum Gasteiger partial charge on any atom is 0.246 e. The van der Waals surface area contributed by atoms with E-state index in [4.69, 9.17) is 4.74 Å². The van der Waals surface area contributed by atoms with Crippen LogP contribution in [0.2, 0.25) is 0 Å². The second-order valence-electron chi connectivity index (χ2n) is 10.3. The van der Waals surface area contributed by atoms with Gasteiger partial charge >= 0.3 is 0 Å². The number of piperazine rings is 2. The van der Waals surface area contributed by atoms with Crippen molar-refractivity contribution in [3.05, 3.63) is 77.9 Å². The normalized spacial score (nSPS) is 17.7. The van der Waals surface area contributed by atoms with Gasteiger partial charge in [-0.1, -0.05) is 35.4 Å². The fourth-order valence-corrected chi connectivity index (χ4v) is 8.32. The van der Waals surface area contributed by atoms with E-state index in [1.807, 2.05) is 62.4 Å². The van der Waals surface area contributed by atoms with Gasteiger partial charge in [-0.25, -0.2) is 16.8 Å². The van der Waals surface area contributed by atoms with Crippen LogP contribution in [0.1, 0.15) is 11.1 Å². The van der Waals surface area contributed by atoms with E-state index >= 15 is 0 Å². The first-order valence-electron chi connectivity index (χ1n) is 13.4. The molecule has 0 unspecified atom stereocenters. The maximum atomic E-state index is 13.7. The molecule has 0 atom stereocenters. The molecule has 0 radical (unpaired) electrons. The molecule has 0 aromatic heterocycles. The van der Waals surface area contributed by atoms with Crippen molar-refractivity contribution in [2.45, 2.75) is 23.6 Å². The quantitative estimate of drug-likeness (QED) is 0.421. The van der Waals surface area contributed by atoms with Gasteiger partial charge in [0.15, 0.2) is 0 Å². The highest BCUT2D eigenvalue weighted by atomic mass is 32.2. The molecule has 2 fully saturated rings. The van der Waals surface area contributed by atoms with E-state index in [2.05, 4.69) is 9.80 Å². The molecule has 0 bridgehead atoms. The van der Waals surface area contributed by atoms with Crippen molar-refractivity contribution in [2.24, 2.45) is 0 Å². The van der Waals surface area contributed by atoms with E-state index in [0.717, 1.165) is 11.4 Å². The molecule has 2 heterocycles. The predicted molar refractivity (Wildman–Crippen MR) is 157 cm³/mol. The summed E-state index contributed by atoms with van der Waals surface area (Å²) in [7, 11) is -6.50. The first kappa shape index (κ1) is 28.4. The van der Waals surface area contributed by atoms with Crippen LogP contribution >= 0.6 is 0 Å². The Morgan fingerprint density at radius 1 is 0.575 bits per heavy atom. The molecule has 2 aliphatic rings. The van der Waals surface area contributed by atoms with Gasteiger partial charge in [-0.3, -0.25) is 0 Å². The summed E-state index contributed by atoms with van der Waals surface area (Å²) in [5.74, 6) is 0.129. The van der Waals surface area contributed by atoms with Crippen LogP contribution < -0.4 is 14.5 Å². The third-order valence-corrected chi connectivity index (χ3v) is 11.5. The maximum absolute atomic E-state index is 13.7. The van der Waals surface area contributed by atoms with Gasteiger partial charge in [0, 0.05) is 63.7 Å². The summed E-state index contributed by atoms with van der Waals surface area (Å²) in [6, 6.07) is 20.4. The van der Waals surface area contributed by atoms with E-state index in [9.17, 15) is 16.8 Å². The molecule has 5 rings (SSSR count). The molecular weight excluding hydrogens is 548 g/mol. The Labute approximate surface area is 237 Å². The van der Waals surface area contributed by atoms with Crippen LogP contribution in [-0.2, 0) is 20.0 Å². The number of hydrogen-bond donors (Lipinski definition) is 0. The van der Waals surface area contributed by atoms with Crippen LogP contribution in [0.25, 0.3) is 0 Å². The van der Waals surface area contributed by atoms with Crippen molar-refractivity contribution in [2.75, 3.05) is 69.3 Å². The lowest BCUT2D eigenvalue weighted by Gasteiger charge is -2.36. The van der Waals surface area contributed by atoms with Crippen LogP contribution in [0.15, 0.2) is 76.5 Å². The molecule has 0 amide bonds. The number of hydrogen-bond acceptors (Lipinski definition) is 7. The molecule has 40 heavy (non-hydrogen) atoms. The van der Waals surface area contributed by atoms with Gasteiger partial charge in [-0.15, -0.1) is 0 Å². The number of ether oxygens (including phenoxy) is 1. The Bertz CT molecular complexity index is 1540. The number of nitrogens with zero attached hydrogens (tertiary/aromatic N) is 4. The van der Waals surface area contributed by atoms with Gasteiger partial charge in [0.25, 0.3) is 0 Å². The molecule has 2 aliphatic heterocycles. The second kappa shape index (κ2) is 11.4. The molecule has 3 aromatic rings. The van der Waals surface area contributed by atoms with Crippen LogP contribution in [0.3, 0.4) is 0 Å². The van der Waals surface area contributed by atoms with E-state index in [1.165, 1.54) is 45.0 Å². The Morgan fingerprint density at radius 3 is 1.43 bits per heavy atom. The van der Waals surface area contributed by atoms with Gasteiger partial charge in [-0.2, -0.15) is 8.61 Å². The lowest BCUT2D eigenvalue weighted by Crippen LogP contribution is -2.49. The molecule has 2 saturated heterocycles. The summed E-state index contributed by atoms with van der Waals surface area (Å²) in [5, 5.41) is 0. The highest BCUT2D eigenvalue weighted by Crippen LogP contribution is 2.32. The molecule has 0 spiro atoms. The summed E-state index contributed by atoms with van der Waals surface area (Å²) in [5.41, 5.74) is 4.45. The summed E-state index contributed by atoms with van der Waals surface area (Å²) < 4.78 is 62.9. The van der Waals surface area contributed by atoms with Gasteiger partial charge in [-0.05, 0) is 56.3 Å². The van der Waals surface area contributed by atoms with E-state index in [-0.39, 0.29) is 28.6 Å². The van der Waals surface area contributed by atoms with Crippen molar-refractivity contribution in [1.29, 1.82) is 0 Å². The summed E-state index contributed by atoms with van der Waals surface area (Å²) in [6.45, 7) is 7.43. The second-order valence-corrected chi connectivity index (χ2v) is 14.1. The zero-order valence-electron chi connectivity index (χ0n) is 23.2. The van der Waals surface area contributed by atoms with Crippen LogP contribution in [-0.4, -0.2) is 84.9 Å². The average Bonchev–Trinajstić information content (AvgIpc) is 2.97. The summed E-state index contributed by atoms with van der Waals surface area (Å²) in [4.78, 5) is 4.14. The largest absolute Gasteiger partial charge is 0.495 e. The summed E-state index contributed by atoms with van der Waals surface area (Å²) >= 11 is 0. The Kier molecular flexibility index (Phi) is 8.10. The Balaban J connectivity index is 1.32. The average molecular weight is 585 g/mol. The fraction of sp³-hybridized carbons (Fsp3) is 0.379. The lowest BCUT2D eigenvalue weighted by molar-refractivity contribution is 0.373. The number of benzene rings is 3. The smallest absolute Gasteiger partial charge is 0.246 e. The van der Waals surface area contributed by atoms with E-state index in [0.29, 0.717) is 39.3 Å². The first-order valence-corrected chi connectivity index (χ1v) is 16.3. The third kappa shape index (κ3) is 5.69. The highest BCUT2D eigenvalue weighted by Gasteiger charge is 2.34. The molecule has 9 nitrogen and oxygen atoms in total. The SMILES string of the molecule is COc1ccc(S(=O)(=O)N2CCN(c3ccc(C)cc3)CC2)cc1S(=O)(=O)N1CCN(c2ccc(C)cc2)CC1. The number of methoxy groups -OCH3 is 1. The molecule has 0 aliphatic carbocycles. The zero-order valence-corrected chi connectivity index (χ0v) is 24.8. The minimum atomic E-state index is -3.99. The molecule has 0 N–H and O–H groups in total. The van der Waals surface area contributed by atoms with Crippen molar-refractivity contribution >= 4 is 31.4 Å². The Hall–Kier alpha value is -3.12. The van der Waals surface area contributed by atoms with Crippen molar-refractivity contribution < 1.29 is 21.6 Å². The minimum absolute atomic E-state index is 0.0473. The topological polar surface area (TPSA) is 90.5 Å². The van der Waals surface area contributed by atoms with Crippen molar-refractivity contribution in [1.82, 2.24) is 8.61 Å². The monoisotopic (exact) mass is 584 g/mol. The van der Waals surface area contributed by atoms with Crippen LogP contribution in [0.5, 0.6) is 5.75 Å². The van der Waals surface area contributed by atoms with Crippen molar-refractivity contribution in [3.8, 4) is 5.75 Å². The number of aryl methyl sites for hydroxylation is 2. The molecular formula is C29H36N4O5S2. The van der Waals surface area contributed by atoms with Crippen LogP contribution in [0.4, 0.5) is 11.4 Å². The predicted octanol–water partition coefficient (Wildman–Crippen LogP) is 3.33. The molecule has 0 saturated carbocycles. The minimum Gasteiger partial charge on any atom is -0.495 e. The first-order chi connectivity index (χ1) is 19.1. The number of rotatable bonds is 7. The van der Waals surface area contributed by atoms with Gasteiger partial charge in [0.05, 0.1) is 12.0 Å². The van der Waals surface area contributed by atoms with Crippen molar-refractivity contribution in [3.63, 3.8) is 0 Å². The van der Waals surface area contributed by atoms with Gasteiger partial charge < -0.3 is 14.5 Å². The van der Waals surface area contributed by atoms with Gasteiger partial charge in [0.1, 0.15) is 10.6 Å². The van der Waals surface area contributed by atoms with Gasteiger partial charge in [0.2, 0.25) is 20.0 Å². The molecule has 3 aromatic carbocycles. The molecule has 11 heteroatoms. The Morgan fingerprint density at radius 2 is 1.00 bits per heavy atom. The number of sulfonamides is 2. The third-order valence-electron chi connectivity index (χ3n) is 7.67. The zero-order chi connectivity index (χ0) is 28.5. The molecule has 214 valence electrons. The lowest BCUT2D eigenvalue weighted by atomic mass is 10.2.